The number of rotatable bonds is 7. The fourth-order valence-corrected chi connectivity index (χ4v) is 2.76. The number of esters is 1. The minimum atomic E-state index is -2.09. The molecule has 3 N–H and O–H groups in total. The number of nitrogens with two attached hydrogens (primary N) is 1. The van der Waals surface area contributed by atoms with Gasteiger partial charge in [0, 0.05) is 10.6 Å². The van der Waals surface area contributed by atoms with Gasteiger partial charge in [0.15, 0.2) is 0 Å². The Morgan fingerprint density at radius 2 is 1.61 bits per heavy atom. The van der Waals surface area contributed by atoms with Gasteiger partial charge in [-0.05, 0) is 17.7 Å². The number of carboxylic acids is 1. The lowest BCUT2D eigenvalue weighted by molar-refractivity contribution is -0.160. The number of aliphatic carboxylic acids is 1. The molecule has 0 saturated heterocycles. The van der Waals surface area contributed by atoms with Crippen molar-refractivity contribution in [1.29, 1.82) is 0 Å². The van der Waals surface area contributed by atoms with E-state index in [0.29, 0.717) is 0 Å². The molecule has 0 aromatic heterocycles. The van der Waals surface area contributed by atoms with E-state index < -0.39 is 17.5 Å². The second kappa shape index (κ2) is 7.80. The molecular weight excluding hydrogens is 314 g/mol. The van der Waals surface area contributed by atoms with Crippen LogP contribution in [0.1, 0.15) is 5.56 Å². The van der Waals surface area contributed by atoms with Crippen LogP contribution in [0.25, 0.3) is 0 Å². The third-order valence-electron chi connectivity index (χ3n) is 3.17. The molecule has 0 fully saturated rings. The van der Waals surface area contributed by atoms with Gasteiger partial charge in [0.2, 0.25) is 5.54 Å². The maximum Gasteiger partial charge on any atom is 0.339 e. The highest BCUT2D eigenvalue weighted by molar-refractivity contribution is 7.99. The third-order valence-corrected chi connectivity index (χ3v) is 4.37. The Morgan fingerprint density at radius 3 is 2.17 bits per heavy atom. The van der Waals surface area contributed by atoms with Gasteiger partial charge in [0.25, 0.3) is 0 Å². The van der Waals surface area contributed by atoms with E-state index in [0.717, 1.165) is 10.5 Å². The Bertz CT molecular complexity index is 663. The average Bonchev–Trinajstić information content (AvgIpc) is 2.59. The van der Waals surface area contributed by atoms with Crippen LogP contribution in [0.15, 0.2) is 65.6 Å². The van der Waals surface area contributed by atoms with E-state index in [1.807, 2.05) is 36.4 Å². The Hall–Kier alpha value is -2.31. The molecule has 0 aliphatic heterocycles. The first kappa shape index (κ1) is 17.1. The van der Waals surface area contributed by atoms with Crippen LogP contribution in [-0.4, -0.2) is 28.3 Å². The van der Waals surface area contributed by atoms with Crippen LogP contribution in [-0.2, 0) is 20.9 Å². The second-order valence-corrected chi connectivity index (χ2v) is 5.99. The molecule has 23 heavy (non-hydrogen) atoms. The predicted octanol–water partition coefficient (Wildman–Crippen LogP) is 2.30. The number of ether oxygens (including phenoxy) is 1. The SMILES string of the molecule is NC(CSc1ccccc1)(C(=O)O)C(=O)OCc1ccccc1. The number of hydrogen-bond acceptors (Lipinski definition) is 5. The number of carbonyl (C=O) groups excluding carboxylic acids is 1. The van der Waals surface area contributed by atoms with Gasteiger partial charge in [0.05, 0.1) is 0 Å². The number of benzene rings is 2. The highest BCUT2D eigenvalue weighted by atomic mass is 32.2. The molecule has 0 amide bonds. The first-order valence-corrected chi connectivity index (χ1v) is 7.92. The van der Waals surface area contributed by atoms with E-state index in [4.69, 9.17) is 10.5 Å². The van der Waals surface area contributed by atoms with Crippen LogP contribution in [0.3, 0.4) is 0 Å². The van der Waals surface area contributed by atoms with Crippen molar-refractivity contribution in [1.82, 2.24) is 0 Å². The lowest BCUT2D eigenvalue weighted by Crippen LogP contribution is -2.57. The molecule has 5 nitrogen and oxygen atoms in total. The highest BCUT2D eigenvalue weighted by Gasteiger charge is 2.44. The van der Waals surface area contributed by atoms with Crippen LogP contribution in [0, 0.1) is 0 Å². The van der Waals surface area contributed by atoms with Crippen molar-refractivity contribution in [3.05, 3.63) is 66.2 Å². The summed E-state index contributed by atoms with van der Waals surface area (Å²) >= 11 is 1.20. The summed E-state index contributed by atoms with van der Waals surface area (Å²) in [6, 6.07) is 18.2. The molecule has 1 unspecified atom stereocenters. The average molecular weight is 331 g/mol. The zero-order valence-corrected chi connectivity index (χ0v) is 13.2. The summed E-state index contributed by atoms with van der Waals surface area (Å²) in [5, 5.41) is 9.34. The van der Waals surface area contributed by atoms with Gasteiger partial charge in [-0.15, -0.1) is 11.8 Å². The van der Waals surface area contributed by atoms with E-state index in [1.54, 1.807) is 24.3 Å². The number of carbonyl (C=O) groups is 2. The topological polar surface area (TPSA) is 89.6 Å². The fraction of sp³-hybridized carbons (Fsp3) is 0.176. The maximum atomic E-state index is 12.2. The van der Waals surface area contributed by atoms with Crippen molar-refractivity contribution >= 4 is 23.7 Å². The molecule has 0 saturated carbocycles. The normalized spacial score (nSPS) is 13.1. The molecule has 1 atom stereocenters. The predicted molar refractivity (Wildman–Crippen MR) is 88.0 cm³/mol. The smallest absolute Gasteiger partial charge is 0.339 e. The van der Waals surface area contributed by atoms with E-state index in [9.17, 15) is 14.7 Å². The van der Waals surface area contributed by atoms with Gasteiger partial charge >= 0.3 is 11.9 Å². The zero-order chi connectivity index (χ0) is 16.7. The lowest BCUT2D eigenvalue weighted by atomic mass is 10.1. The van der Waals surface area contributed by atoms with Crippen LogP contribution in [0.2, 0.25) is 0 Å². The van der Waals surface area contributed by atoms with E-state index in [-0.39, 0.29) is 12.4 Å². The summed E-state index contributed by atoms with van der Waals surface area (Å²) in [4.78, 5) is 24.4. The molecule has 2 aromatic carbocycles. The van der Waals surface area contributed by atoms with E-state index in [1.165, 1.54) is 11.8 Å². The molecule has 0 bridgehead atoms. The van der Waals surface area contributed by atoms with E-state index in [2.05, 4.69) is 0 Å². The fourth-order valence-electron chi connectivity index (χ4n) is 1.77. The monoisotopic (exact) mass is 331 g/mol. The van der Waals surface area contributed by atoms with Gasteiger partial charge in [-0.3, -0.25) is 0 Å². The van der Waals surface area contributed by atoms with Crippen molar-refractivity contribution in [2.45, 2.75) is 17.0 Å². The first-order chi connectivity index (χ1) is 11.0. The van der Waals surface area contributed by atoms with Crippen LogP contribution in [0.4, 0.5) is 0 Å². The molecule has 2 rings (SSSR count). The molecule has 0 radical (unpaired) electrons. The Labute approximate surface area is 138 Å². The van der Waals surface area contributed by atoms with Crippen molar-refractivity contribution in [3.8, 4) is 0 Å². The number of thioether (sulfide) groups is 1. The molecule has 0 heterocycles. The standard InChI is InChI=1S/C17H17NO4S/c18-17(15(19)20,12-23-14-9-5-2-6-10-14)16(21)22-11-13-7-3-1-4-8-13/h1-10H,11-12,18H2,(H,19,20). The van der Waals surface area contributed by atoms with Gasteiger partial charge < -0.3 is 15.6 Å². The molecular formula is C17H17NO4S. The Kier molecular flexibility index (Phi) is 5.78. The number of carboxylic acid groups (broad SMARTS) is 1. The van der Waals surface area contributed by atoms with Crippen molar-refractivity contribution < 1.29 is 19.4 Å². The zero-order valence-electron chi connectivity index (χ0n) is 12.3. The Balaban J connectivity index is 2.00. The largest absolute Gasteiger partial charge is 0.479 e. The molecule has 2 aromatic rings. The third kappa shape index (κ3) is 4.58. The number of hydrogen-bond donors (Lipinski definition) is 2. The lowest BCUT2D eigenvalue weighted by Gasteiger charge is -2.22. The summed E-state index contributed by atoms with van der Waals surface area (Å²) in [7, 11) is 0. The van der Waals surface area contributed by atoms with Gasteiger partial charge in [-0.2, -0.15) is 0 Å². The van der Waals surface area contributed by atoms with Crippen LogP contribution < -0.4 is 5.73 Å². The summed E-state index contributed by atoms with van der Waals surface area (Å²) in [6.45, 7) is -0.0120. The molecule has 120 valence electrons. The van der Waals surface area contributed by atoms with Gasteiger partial charge in [-0.1, -0.05) is 48.5 Å². The maximum absolute atomic E-state index is 12.2. The highest BCUT2D eigenvalue weighted by Crippen LogP contribution is 2.22. The molecule has 6 heteroatoms. The Morgan fingerprint density at radius 1 is 1.04 bits per heavy atom. The van der Waals surface area contributed by atoms with Crippen LogP contribution in [0.5, 0.6) is 0 Å². The summed E-state index contributed by atoms with van der Waals surface area (Å²) in [5.41, 5.74) is 4.48. The van der Waals surface area contributed by atoms with Crippen molar-refractivity contribution in [2.75, 3.05) is 5.75 Å². The summed E-state index contributed by atoms with van der Waals surface area (Å²) in [6.07, 6.45) is 0. The summed E-state index contributed by atoms with van der Waals surface area (Å²) < 4.78 is 5.08. The van der Waals surface area contributed by atoms with Gasteiger partial charge in [0.1, 0.15) is 6.61 Å². The minimum absolute atomic E-state index is 0.0120. The molecule has 0 spiro atoms. The minimum Gasteiger partial charge on any atom is -0.479 e. The second-order valence-electron chi connectivity index (χ2n) is 4.94. The summed E-state index contributed by atoms with van der Waals surface area (Å²) in [5.74, 6) is -2.46. The first-order valence-electron chi connectivity index (χ1n) is 6.93. The quantitative estimate of drug-likeness (QED) is 0.460. The van der Waals surface area contributed by atoms with Crippen molar-refractivity contribution in [3.63, 3.8) is 0 Å². The molecule has 0 aliphatic rings. The van der Waals surface area contributed by atoms with E-state index >= 15 is 0 Å². The van der Waals surface area contributed by atoms with Crippen LogP contribution >= 0.6 is 11.8 Å². The molecule has 0 aliphatic carbocycles. The van der Waals surface area contributed by atoms with Crippen molar-refractivity contribution in [2.24, 2.45) is 5.73 Å². The van der Waals surface area contributed by atoms with Gasteiger partial charge in [-0.25, -0.2) is 9.59 Å².